The van der Waals surface area contributed by atoms with Gasteiger partial charge in [0.15, 0.2) is 5.58 Å². The standard InChI is InChI=1S/C12H12ClFN2O/c13-8-5-7(14)6-9-10(8)17-11(16-9)12(15)3-1-2-4-12/h5-6H,1-4,15H2. The fourth-order valence-electron chi connectivity index (χ4n) is 2.39. The lowest BCUT2D eigenvalue weighted by Crippen LogP contribution is -2.33. The summed E-state index contributed by atoms with van der Waals surface area (Å²) in [5, 5.41) is 0.236. The van der Waals surface area contributed by atoms with Gasteiger partial charge in [0.25, 0.3) is 0 Å². The van der Waals surface area contributed by atoms with Crippen LogP contribution in [0.3, 0.4) is 0 Å². The van der Waals surface area contributed by atoms with Crippen molar-refractivity contribution in [2.45, 2.75) is 31.2 Å². The summed E-state index contributed by atoms with van der Waals surface area (Å²) in [7, 11) is 0. The van der Waals surface area contributed by atoms with Crippen LogP contribution in [-0.4, -0.2) is 4.98 Å². The van der Waals surface area contributed by atoms with Gasteiger partial charge in [0.05, 0.1) is 10.6 Å². The molecule has 1 fully saturated rings. The summed E-state index contributed by atoms with van der Waals surface area (Å²) in [6.07, 6.45) is 3.83. The molecule has 1 aromatic carbocycles. The largest absolute Gasteiger partial charge is 0.437 e. The first-order valence-electron chi connectivity index (χ1n) is 5.63. The van der Waals surface area contributed by atoms with Crippen LogP contribution >= 0.6 is 11.6 Å². The van der Waals surface area contributed by atoms with Crippen molar-refractivity contribution in [3.8, 4) is 0 Å². The van der Waals surface area contributed by atoms with Crippen molar-refractivity contribution in [1.29, 1.82) is 0 Å². The lowest BCUT2D eigenvalue weighted by molar-refractivity contribution is 0.346. The first kappa shape index (κ1) is 11.0. The minimum absolute atomic E-state index is 0.236. The molecule has 5 heteroatoms. The van der Waals surface area contributed by atoms with Gasteiger partial charge >= 0.3 is 0 Å². The summed E-state index contributed by atoms with van der Waals surface area (Å²) in [6, 6.07) is 2.53. The molecule has 1 saturated carbocycles. The Balaban J connectivity index is 2.16. The average molecular weight is 255 g/mol. The predicted octanol–water partition coefficient (Wildman–Crippen LogP) is 3.35. The summed E-state index contributed by atoms with van der Waals surface area (Å²) in [5.41, 5.74) is 6.57. The maximum atomic E-state index is 13.2. The molecule has 1 aromatic heterocycles. The smallest absolute Gasteiger partial charge is 0.215 e. The van der Waals surface area contributed by atoms with Crippen LogP contribution in [0.1, 0.15) is 31.6 Å². The van der Waals surface area contributed by atoms with Gasteiger partial charge in [0, 0.05) is 6.07 Å². The Bertz CT molecular complexity index is 575. The number of fused-ring (bicyclic) bond motifs is 1. The van der Waals surface area contributed by atoms with Gasteiger partial charge in [-0.25, -0.2) is 9.37 Å². The summed E-state index contributed by atoms with van der Waals surface area (Å²) in [6.45, 7) is 0. The third-order valence-electron chi connectivity index (χ3n) is 3.33. The molecule has 1 aliphatic carbocycles. The number of benzene rings is 1. The summed E-state index contributed by atoms with van der Waals surface area (Å²) in [4.78, 5) is 4.27. The molecule has 1 aliphatic rings. The van der Waals surface area contributed by atoms with Crippen LogP contribution in [0.25, 0.3) is 11.1 Å². The maximum Gasteiger partial charge on any atom is 0.215 e. The molecular weight excluding hydrogens is 243 g/mol. The third-order valence-corrected chi connectivity index (χ3v) is 3.61. The van der Waals surface area contributed by atoms with E-state index >= 15 is 0 Å². The van der Waals surface area contributed by atoms with Crippen molar-refractivity contribution in [3.05, 3.63) is 28.9 Å². The van der Waals surface area contributed by atoms with Crippen molar-refractivity contribution < 1.29 is 8.81 Å². The van der Waals surface area contributed by atoms with Gasteiger partial charge in [0.2, 0.25) is 5.89 Å². The topological polar surface area (TPSA) is 52.0 Å². The van der Waals surface area contributed by atoms with Crippen LogP contribution in [0.2, 0.25) is 5.02 Å². The van der Waals surface area contributed by atoms with Crippen molar-refractivity contribution in [2.24, 2.45) is 5.73 Å². The van der Waals surface area contributed by atoms with Gasteiger partial charge in [-0.3, -0.25) is 0 Å². The minimum Gasteiger partial charge on any atom is -0.437 e. The molecule has 0 spiro atoms. The zero-order valence-corrected chi connectivity index (χ0v) is 9.93. The predicted molar refractivity (Wildman–Crippen MR) is 63.3 cm³/mol. The lowest BCUT2D eigenvalue weighted by atomic mass is 10.00. The monoisotopic (exact) mass is 254 g/mol. The van der Waals surface area contributed by atoms with E-state index in [9.17, 15) is 4.39 Å². The van der Waals surface area contributed by atoms with E-state index in [0.29, 0.717) is 17.0 Å². The molecule has 0 saturated heterocycles. The van der Waals surface area contributed by atoms with Crippen molar-refractivity contribution in [1.82, 2.24) is 4.98 Å². The molecule has 1 heterocycles. The normalized spacial score (nSPS) is 19.0. The van der Waals surface area contributed by atoms with Gasteiger partial charge in [-0.2, -0.15) is 0 Å². The average Bonchev–Trinajstić information content (AvgIpc) is 2.84. The Kier molecular flexibility index (Phi) is 2.38. The molecular formula is C12H12ClFN2O. The zero-order valence-electron chi connectivity index (χ0n) is 9.17. The molecule has 0 bridgehead atoms. The van der Waals surface area contributed by atoms with Crippen LogP contribution in [0, 0.1) is 5.82 Å². The van der Waals surface area contributed by atoms with E-state index in [4.69, 9.17) is 21.8 Å². The number of nitrogens with two attached hydrogens (primary N) is 1. The van der Waals surface area contributed by atoms with Crippen LogP contribution in [0.5, 0.6) is 0 Å². The van der Waals surface area contributed by atoms with Crippen LogP contribution < -0.4 is 5.73 Å². The molecule has 17 heavy (non-hydrogen) atoms. The minimum atomic E-state index is -0.515. The number of hydrogen-bond donors (Lipinski definition) is 1. The number of hydrogen-bond acceptors (Lipinski definition) is 3. The zero-order chi connectivity index (χ0) is 12.0. The molecule has 0 radical (unpaired) electrons. The second-order valence-corrected chi connectivity index (χ2v) is 5.03. The highest BCUT2D eigenvalue weighted by Gasteiger charge is 2.36. The first-order valence-corrected chi connectivity index (χ1v) is 6.01. The molecule has 0 atom stereocenters. The van der Waals surface area contributed by atoms with Gasteiger partial charge in [0.1, 0.15) is 11.3 Å². The van der Waals surface area contributed by atoms with Crippen molar-refractivity contribution >= 4 is 22.7 Å². The number of halogens is 2. The number of rotatable bonds is 1. The van der Waals surface area contributed by atoms with E-state index < -0.39 is 11.4 Å². The Morgan fingerprint density at radius 2 is 2.06 bits per heavy atom. The molecule has 3 rings (SSSR count). The summed E-state index contributed by atoms with van der Waals surface area (Å²) < 4.78 is 18.8. The quantitative estimate of drug-likeness (QED) is 0.849. The highest BCUT2D eigenvalue weighted by molar-refractivity contribution is 6.34. The van der Waals surface area contributed by atoms with Crippen molar-refractivity contribution in [2.75, 3.05) is 0 Å². The molecule has 2 N–H and O–H groups in total. The summed E-state index contributed by atoms with van der Waals surface area (Å²) >= 11 is 5.91. The molecule has 3 nitrogen and oxygen atoms in total. The third kappa shape index (κ3) is 1.72. The van der Waals surface area contributed by atoms with Crippen LogP contribution in [-0.2, 0) is 5.54 Å². The molecule has 0 unspecified atom stereocenters. The number of aromatic nitrogens is 1. The Hall–Kier alpha value is -1.13. The lowest BCUT2D eigenvalue weighted by Gasteiger charge is -2.18. The van der Waals surface area contributed by atoms with E-state index in [1.165, 1.54) is 12.1 Å². The molecule has 0 amide bonds. The van der Waals surface area contributed by atoms with Gasteiger partial charge < -0.3 is 10.2 Å². The van der Waals surface area contributed by atoms with E-state index in [0.717, 1.165) is 25.7 Å². The molecule has 0 aliphatic heterocycles. The highest BCUT2D eigenvalue weighted by Crippen LogP contribution is 2.38. The van der Waals surface area contributed by atoms with E-state index in [-0.39, 0.29) is 5.02 Å². The Morgan fingerprint density at radius 1 is 1.35 bits per heavy atom. The second-order valence-electron chi connectivity index (χ2n) is 4.62. The summed E-state index contributed by atoms with van der Waals surface area (Å²) in [5.74, 6) is 0.0531. The van der Waals surface area contributed by atoms with Gasteiger partial charge in [-0.15, -0.1) is 0 Å². The molecule has 2 aromatic rings. The molecule has 90 valence electrons. The highest BCUT2D eigenvalue weighted by atomic mass is 35.5. The van der Waals surface area contributed by atoms with E-state index in [1.807, 2.05) is 0 Å². The van der Waals surface area contributed by atoms with E-state index in [1.54, 1.807) is 0 Å². The fraction of sp³-hybridized carbons (Fsp3) is 0.417. The fourth-order valence-corrected chi connectivity index (χ4v) is 2.63. The van der Waals surface area contributed by atoms with Gasteiger partial charge in [-0.1, -0.05) is 24.4 Å². The number of nitrogens with zero attached hydrogens (tertiary/aromatic N) is 1. The SMILES string of the molecule is NC1(c2nc3cc(F)cc(Cl)c3o2)CCCC1. The Labute approximate surface area is 103 Å². The van der Waals surface area contributed by atoms with E-state index in [2.05, 4.69) is 4.98 Å². The first-order chi connectivity index (χ1) is 8.08. The second kappa shape index (κ2) is 3.68. The van der Waals surface area contributed by atoms with Gasteiger partial charge in [-0.05, 0) is 18.9 Å². The van der Waals surface area contributed by atoms with Crippen molar-refractivity contribution in [3.63, 3.8) is 0 Å². The van der Waals surface area contributed by atoms with Crippen LogP contribution in [0.4, 0.5) is 4.39 Å². The van der Waals surface area contributed by atoms with Crippen LogP contribution in [0.15, 0.2) is 16.5 Å². The Morgan fingerprint density at radius 3 is 2.76 bits per heavy atom. The number of oxazole rings is 1. The maximum absolute atomic E-state index is 13.2.